The van der Waals surface area contributed by atoms with Crippen LogP contribution in [-0.4, -0.2) is 53.3 Å². The van der Waals surface area contributed by atoms with Crippen molar-refractivity contribution in [3.8, 4) is 0 Å². The highest BCUT2D eigenvalue weighted by Crippen LogP contribution is 2.34. The lowest BCUT2D eigenvalue weighted by Gasteiger charge is -2.48. The van der Waals surface area contributed by atoms with Crippen LogP contribution in [0.5, 0.6) is 0 Å². The molecule has 1 aliphatic heterocycles. The van der Waals surface area contributed by atoms with Crippen LogP contribution in [0.25, 0.3) is 0 Å². The number of aromatic nitrogens is 2. The highest BCUT2D eigenvalue weighted by molar-refractivity contribution is 5.33. The Balaban J connectivity index is 1.73. The van der Waals surface area contributed by atoms with Crippen LogP contribution in [0.15, 0.2) is 0 Å². The first-order valence-electron chi connectivity index (χ1n) is 8.99. The molecule has 2 aliphatic rings. The molecule has 5 nitrogen and oxygen atoms in total. The summed E-state index contributed by atoms with van der Waals surface area (Å²) in [7, 11) is 0. The lowest BCUT2D eigenvalue weighted by atomic mass is 9.80. The summed E-state index contributed by atoms with van der Waals surface area (Å²) in [6.45, 7) is 11.0. The second-order valence-corrected chi connectivity index (χ2v) is 7.08. The number of nitrogens with zero attached hydrogens (tertiary/aromatic N) is 3. The highest BCUT2D eigenvalue weighted by Gasteiger charge is 2.38. The van der Waals surface area contributed by atoms with Crippen LogP contribution >= 0.6 is 0 Å². The van der Waals surface area contributed by atoms with Crippen molar-refractivity contribution < 1.29 is 4.74 Å². The second-order valence-electron chi connectivity index (χ2n) is 7.08. The molecule has 1 aromatic heterocycles. The van der Waals surface area contributed by atoms with Crippen molar-refractivity contribution in [1.29, 1.82) is 0 Å². The van der Waals surface area contributed by atoms with E-state index in [4.69, 9.17) is 4.74 Å². The van der Waals surface area contributed by atoms with Gasteiger partial charge in [-0.1, -0.05) is 19.3 Å². The standard InChI is InChI=1S/C18H30N4O/c1-14-15(2)20-17(21-16(14)3)19-13-18(7-5-4-6-8-18)22-9-11-23-12-10-22/h4-13H2,1-3H3,(H,19,20,21). The SMILES string of the molecule is Cc1nc(NCC2(N3CCOCC3)CCCCC2)nc(C)c1C. The maximum Gasteiger partial charge on any atom is 0.223 e. The predicted octanol–water partition coefficient (Wildman–Crippen LogP) is 2.85. The third kappa shape index (κ3) is 3.66. The van der Waals surface area contributed by atoms with Crippen molar-refractivity contribution in [3.05, 3.63) is 17.0 Å². The van der Waals surface area contributed by atoms with Gasteiger partial charge >= 0.3 is 0 Å². The molecule has 0 bridgehead atoms. The number of rotatable bonds is 4. The van der Waals surface area contributed by atoms with Gasteiger partial charge in [-0.2, -0.15) is 0 Å². The number of aryl methyl sites for hydroxylation is 2. The Labute approximate surface area is 139 Å². The molecule has 1 saturated heterocycles. The van der Waals surface area contributed by atoms with Crippen molar-refractivity contribution in [3.63, 3.8) is 0 Å². The fourth-order valence-electron chi connectivity index (χ4n) is 3.95. The summed E-state index contributed by atoms with van der Waals surface area (Å²) in [5, 5.41) is 3.56. The van der Waals surface area contributed by atoms with Gasteiger partial charge in [-0.15, -0.1) is 0 Å². The van der Waals surface area contributed by atoms with E-state index in [9.17, 15) is 0 Å². The van der Waals surface area contributed by atoms with E-state index in [0.717, 1.165) is 50.2 Å². The molecule has 1 saturated carbocycles. The molecule has 1 aliphatic carbocycles. The molecule has 0 atom stereocenters. The third-order valence-electron chi connectivity index (χ3n) is 5.67. The van der Waals surface area contributed by atoms with E-state index in [1.807, 2.05) is 0 Å². The van der Waals surface area contributed by atoms with Crippen LogP contribution in [0, 0.1) is 20.8 Å². The quantitative estimate of drug-likeness (QED) is 0.925. The van der Waals surface area contributed by atoms with Gasteiger partial charge in [0, 0.05) is 36.6 Å². The van der Waals surface area contributed by atoms with E-state index in [1.165, 1.54) is 37.7 Å². The Morgan fingerprint density at radius 2 is 1.61 bits per heavy atom. The topological polar surface area (TPSA) is 50.3 Å². The lowest BCUT2D eigenvalue weighted by molar-refractivity contribution is -0.0319. The summed E-state index contributed by atoms with van der Waals surface area (Å²) in [6, 6.07) is 0. The zero-order chi connectivity index (χ0) is 16.3. The van der Waals surface area contributed by atoms with E-state index in [1.54, 1.807) is 0 Å². The maximum absolute atomic E-state index is 5.56. The van der Waals surface area contributed by atoms with Crippen LogP contribution in [0.1, 0.15) is 49.1 Å². The van der Waals surface area contributed by atoms with E-state index in [2.05, 4.69) is 41.0 Å². The molecular weight excluding hydrogens is 288 g/mol. The Kier molecular flexibility index (Phi) is 5.17. The van der Waals surface area contributed by atoms with Crippen molar-refractivity contribution >= 4 is 5.95 Å². The van der Waals surface area contributed by atoms with Crippen molar-refractivity contribution in [1.82, 2.24) is 14.9 Å². The number of nitrogens with one attached hydrogen (secondary N) is 1. The van der Waals surface area contributed by atoms with Gasteiger partial charge in [0.1, 0.15) is 0 Å². The summed E-state index contributed by atoms with van der Waals surface area (Å²) in [4.78, 5) is 11.9. The first-order valence-corrected chi connectivity index (χ1v) is 8.99. The molecule has 2 fully saturated rings. The van der Waals surface area contributed by atoms with E-state index in [0.29, 0.717) is 0 Å². The summed E-state index contributed by atoms with van der Waals surface area (Å²) in [5.74, 6) is 0.781. The first kappa shape index (κ1) is 16.7. The van der Waals surface area contributed by atoms with Gasteiger partial charge in [-0.05, 0) is 39.2 Å². The van der Waals surface area contributed by atoms with Crippen molar-refractivity contribution in [2.45, 2.75) is 58.4 Å². The normalized spacial score (nSPS) is 22.0. The van der Waals surface area contributed by atoms with Crippen LogP contribution < -0.4 is 5.32 Å². The van der Waals surface area contributed by atoms with E-state index < -0.39 is 0 Å². The van der Waals surface area contributed by atoms with Crippen LogP contribution in [0.3, 0.4) is 0 Å². The van der Waals surface area contributed by atoms with Gasteiger partial charge in [0.25, 0.3) is 0 Å². The Hall–Kier alpha value is -1.20. The third-order valence-corrected chi connectivity index (χ3v) is 5.67. The summed E-state index contributed by atoms with van der Waals surface area (Å²) < 4.78 is 5.56. The van der Waals surface area contributed by atoms with Gasteiger partial charge < -0.3 is 10.1 Å². The van der Waals surface area contributed by atoms with Crippen LogP contribution in [0.2, 0.25) is 0 Å². The smallest absolute Gasteiger partial charge is 0.223 e. The molecule has 2 heterocycles. The number of ether oxygens (including phenoxy) is 1. The van der Waals surface area contributed by atoms with E-state index in [-0.39, 0.29) is 5.54 Å². The molecule has 0 aromatic carbocycles. The predicted molar refractivity (Wildman–Crippen MR) is 92.9 cm³/mol. The molecule has 5 heteroatoms. The van der Waals surface area contributed by atoms with Gasteiger partial charge in [-0.25, -0.2) is 9.97 Å². The average Bonchev–Trinajstić information content (AvgIpc) is 2.59. The molecule has 23 heavy (non-hydrogen) atoms. The Bertz CT molecular complexity index is 511. The molecule has 0 unspecified atom stereocenters. The number of hydrogen-bond acceptors (Lipinski definition) is 5. The van der Waals surface area contributed by atoms with Crippen molar-refractivity contribution in [2.24, 2.45) is 0 Å². The summed E-state index contributed by atoms with van der Waals surface area (Å²) >= 11 is 0. The first-order chi connectivity index (χ1) is 11.1. The molecular formula is C18H30N4O. The minimum Gasteiger partial charge on any atom is -0.379 e. The minimum atomic E-state index is 0.248. The summed E-state index contributed by atoms with van der Waals surface area (Å²) in [6.07, 6.45) is 6.55. The van der Waals surface area contributed by atoms with Crippen LogP contribution in [0.4, 0.5) is 5.95 Å². The number of anilines is 1. The van der Waals surface area contributed by atoms with Crippen LogP contribution in [-0.2, 0) is 4.74 Å². The molecule has 1 aromatic rings. The van der Waals surface area contributed by atoms with E-state index >= 15 is 0 Å². The lowest BCUT2D eigenvalue weighted by Crippen LogP contribution is -2.58. The van der Waals surface area contributed by atoms with Gasteiger partial charge in [0.2, 0.25) is 5.95 Å². The van der Waals surface area contributed by atoms with Gasteiger partial charge in [0.15, 0.2) is 0 Å². The zero-order valence-electron chi connectivity index (χ0n) is 14.8. The molecule has 128 valence electrons. The van der Waals surface area contributed by atoms with Gasteiger partial charge in [0.05, 0.1) is 13.2 Å². The summed E-state index contributed by atoms with van der Waals surface area (Å²) in [5.41, 5.74) is 3.59. The minimum absolute atomic E-state index is 0.248. The molecule has 1 N–H and O–H groups in total. The fourth-order valence-corrected chi connectivity index (χ4v) is 3.95. The second kappa shape index (κ2) is 7.14. The number of morpholine rings is 1. The molecule has 0 amide bonds. The van der Waals surface area contributed by atoms with Gasteiger partial charge in [-0.3, -0.25) is 4.90 Å². The zero-order valence-corrected chi connectivity index (χ0v) is 14.8. The maximum atomic E-state index is 5.56. The highest BCUT2D eigenvalue weighted by atomic mass is 16.5. The number of hydrogen-bond donors (Lipinski definition) is 1. The average molecular weight is 318 g/mol. The Morgan fingerprint density at radius 1 is 1.00 bits per heavy atom. The van der Waals surface area contributed by atoms with Crippen molar-refractivity contribution in [2.75, 3.05) is 38.2 Å². The fraction of sp³-hybridized carbons (Fsp3) is 0.778. The Morgan fingerprint density at radius 3 is 2.22 bits per heavy atom. The monoisotopic (exact) mass is 318 g/mol. The molecule has 3 rings (SSSR count). The molecule has 0 radical (unpaired) electrons. The largest absolute Gasteiger partial charge is 0.379 e. The molecule has 0 spiro atoms.